The lowest BCUT2D eigenvalue weighted by molar-refractivity contribution is -0.186. The first kappa shape index (κ1) is 16.3. The number of pyridine rings is 1. The van der Waals surface area contributed by atoms with Crippen molar-refractivity contribution in [1.82, 2.24) is 10.0 Å². The maximum Gasteiger partial charge on any atom is 0.278 e. The molecule has 0 bridgehead atoms. The molecule has 24 heavy (non-hydrogen) atoms. The van der Waals surface area contributed by atoms with Crippen LogP contribution in [0.3, 0.4) is 0 Å². The van der Waals surface area contributed by atoms with Crippen LogP contribution in [0.5, 0.6) is 0 Å². The molecule has 1 aromatic heterocycles. The Hall–Kier alpha value is -2.58. The summed E-state index contributed by atoms with van der Waals surface area (Å²) >= 11 is 0. The number of carbonyl (C=O) groups is 1. The highest BCUT2D eigenvalue weighted by Crippen LogP contribution is 2.15. The quantitative estimate of drug-likeness (QED) is 0.453. The number of halogens is 1. The summed E-state index contributed by atoms with van der Waals surface area (Å²) in [5.74, 6) is -1.09. The third kappa shape index (κ3) is 3.19. The lowest BCUT2D eigenvalue weighted by Crippen LogP contribution is -2.37. The molecule has 1 saturated heterocycles. The summed E-state index contributed by atoms with van der Waals surface area (Å²) in [4.78, 5) is 17.5. The lowest BCUT2D eigenvalue weighted by Gasteiger charge is -2.22. The number of hydrogen-bond donors (Lipinski definition) is 3. The molecule has 3 rings (SSSR count). The number of ether oxygens (including phenoxy) is 1. The van der Waals surface area contributed by atoms with E-state index in [4.69, 9.17) is 20.4 Å². The van der Waals surface area contributed by atoms with E-state index in [9.17, 15) is 9.18 Å². The topological polar surface area (TPSA) is 100 Å². The van der Waals surface area contributed by atoms with Crippen LogP contribution in [0.4, 0.5) is 4.39 Å². The van der Waals surface area contributed by atoms with Crippen molar-refractivity contribution in [3.63, 3.8) is 0 Å². The van der Waals surface area contributed by atoms with Crippen molar-refractivity contribution in [3.05, 3.63) is 41.1 Å². The molecule has 0 aliphatic carbocycles. The minimum absolute atomic E-state index is 0.0217. The third-order valence-corrected chi connectivity index (χ3v) is 3.84. The second-order valence-corrected chi connectivity index (χ2v) is 5.45. The average molecular weight is 332 g/mol. The van der Waals surface area contributed by atoms with Gasteiger partial charge in [-0.05, 0) is 42.5 Å². The molecule has 1 aliphatic heterocycles. The molecule has 1 unspecified atom stereocenters. The Morgan fingerprint density at radius 2 is 2.25 bits per heavy atom. The Morgan fingerprint density at radius 1 is 1.42 bits per heavy atom. The highest BCUT2D eigenvalue weighted by Gasteiger charge is 2.18. The molecule has 0 saturated carbocycles. The number of carbonyl (C=O) groups excluding carboxylic acids is 1. The van der Waals surface area contributed by atoms with E-state index in [1.165, 1.54) is 24.3 Å². The zero-order chi connectivity index (χ0) is 17.1. The van der Waals surface area contributed by atoms with Crippen molar-refractivity contribution in [2.45, 2.75) is 25.6 Å². The predicted octanol–water partition coefficient (Wildman–Crippen LogP) is 1.90. The van der Waals surface area contributed by atoms with Crippen LogP contribution >= 0.6 is 0 Å². The fraction of sp³-hybridized carbons (Fsp3) is 0.312. The van der Waals surface area contributed by atoms with Gasteiger partial charge in [0.25, 0.3) is 5.91 Å². The summed E-state index contributed by atoms with van der Waals surface area (Å²) in [5, 5.41) is 16.1. The van der Waals surface area contributed by atoms with Crippen molar-refractivity contribution in [1.29, 1.82) is 10.8 Å². The number of fused-ring (bicyclic) bond motifs is 1. The standard InChI is InChI=1S/C16H17FN4O3/c17-11-5-4-10-7-12(15(19)21(9-18)13(10)8-11)16(22)20-24-14-3-1-2-6-23-14/h4-5,7-9,14,18-19H,1-3,6H2,(H,20,22). The fourth-order valence-electron chi connectivity index (χ4n) is 2.61. The average Bonchev–Trinajstić information content (AvgIpc) is 2.60. The van der Waals surface area contributed by atoms with Crippen LogP contribution in [-0.4, -0.2) is 29.7 Å². The Morgan fingerprint density at radius 3 is 2.96 bits per heavy atom. The first-order valence-electron chi connectivity index (χ1n) is 7.58. The van der Waals surface area contributed by atoms with Crippen molar-refractivity contribution in [3.8, 4) is 0 Å². The lowest BCUT2D eigenvalue weighted by atomic mass is 10.1. The second-order valence-electron chi connectivity index (χ2n) is 5.45. The minimum atomic E-state index is -0.615. The second kappa shape index (κ2) is 6.90. The van der Waals surface area contributed by atoms with E-state index in [2.05, 4.69) is 5.48 Å². The zero-order valence-electron chi connectivity index (χ0n) is 12.8. The number of nitrogens with zero attached hydrogens (tertiary/aromatic N) is 1. The number of hydrogen-bond acceptors (Lipinski definition) is 5. The summed E-state index contributed by atoms with van der Waals surface area (Å²) in [6.45, 7) is 0.583. The van der Waals surface area contributed by atoms with E-state index in [1.807, 2.05) is 0 Å². The Kier molecular flexibility index (Phi) is 4.68. The van der Waals surface area contributed by atoms with Crippen LogP contribution < -0.4 is 11.0 Å². The molecule has 0 spiro atoms. The molecular weight excluding hydrogens is 315 g/mol. The van der Waals surface area contributed by atoms with Gasteiger partial charge in [0.2, 0.25) is 0 Å². The molecular formula is C16H17FN4O3. The van der Waals surface area contributed by atoms with Gasteiger partial charge >= 0.3 is 0 Å². The summed E-state index contributed by atoms with van der Waals surface area (Å²) in [6, 6.07) is 5.43. The van der Waals surface area contributed by atoms with Gasteiger partial charge in [-0.3, -0.25) is 20.2 Å². The monoisotopic (exact) mass is 332 g/mol. The van der Waals surface area contributed by atoms with Crippen LogP contribution in [0.15, 0.2) is 24.3 Å². The van der Waals surface area contributed by atoms with E-state index >= 15 is 0 Å². The van der Waals surface area contributed by atoms with Crippen LogP contribution in [0, 0.1) is 16.6 Å². The predicted molar refractivity (Wildman–Crippen MR) is 84.1 cm³/mol. The molecule has 2 aromatic rings. The van der Waals surface area contributed by atoms with Crippen LogP contribution in [0.1, 0.15) is 29.6 Å². The minimum Gasteiger partial charge on any atom is -0.350 e. The Balaban J connectivity index is 1.89. The molecule has 3 N–H and O–H groups in total. The highest BCUT2D eigenvalue weighted by molar-refractivity contribution is 5.97. The number of nitrogens with one attached hydrogen (secondary N) is 3. The molecule has 8 heteroatoms. The van der Waals surface area contributed by atoms with Gasteiger partial charge in [0, 0.05) is 13.0 Å². The molecule has 126 valence electrons. The molecule has 1 aromatic carbocycles. The largest absolute Gasteiger partial charge is 0.350 e. The normalized spacial score (nSPS) is 17.6. The van der Waals surface area contributed by atoms with Crippen molar-refractivity contribution >= 4 is 23.1 Å². The summed E-state index contributed by atoms with van der Waals surface area (Å²) in [5.41, 5.74) is 2.42. The van der Waals surface area contributed by atoms with E-state index in [-0.39, 0.29) is 11.1 Å². The first-order chi connectivity index (χ1) is 11.6. The van der Waals surface area contributed by atoms with E-state index in [0.717, 1.165) is 23.7 Å². The maximum atomic E-state index is 13.4. The van der Waals surface area contributed by atoms with Gasteiger partial charge in [0.1, 0.15) is 11.3 Å². The molecule has 2 heterocycles. The number of hydroxylamine groups is 1. The van der Waals surface area contributed by atoms with Gasteiger partial charge in [0.05, 0.1) is 17.4 Å². The molecule has 0 radical (unpaired) electrons. The van der Waals surface area contributed by atoms with Gasteiger partial charge in [-0.1, -0.05) is 0 Å². The number of benzene rings is 1. The number of rotatable bonds is 4. The molecule has 1 amide bonds. The zero-order valence-corrected chi connectivity index (χ0v) is 12.8. The summed E-state index contributed by atoms with van der Waals surface area (Å²) in [6.07, 6.45) is 2.98. The number of amides is 1. The Bertz CT molecular complexity index is 843. The maximum absolute atomic E-state index is 13.4. The summed E-state index contributed by atoms with van der Waals surface area (Å²) in [7, 11) is 0. The molecule has 7 nitrogen and oxygen atoms in total. The van der Waals surface area contributed by atoms with E-state index < -0.39 is 18.0 Å². The number of aromatic nitrogens is 1. The fourth-order valence-corrected chi connectivity index (χ4v) is 2.61. The van der Waals surface area contributed by atoms with Crippen LogP contribution in [0.2, 0.25) is 0 Å². The Labute approximate surface area is 137 Å². The third-order valence-electron chi connectivity index (χ3n) is 3.84. The summed E-state index contributed by atoms with van der Waals surface area (Å²) < 4.78 is 19.9. The van der Waals surface area contributed by atoms with E-state index in [1.54, 1.807) is 0 Å². The smallest absolute Gasteiger partial charge is 0.278 e. The van der Waals surface area contributed by atoms with Gasteiger partial charge in [-0.15, -0.1) is 0 Å². The molecule has 1 fully saturated rings. The van der Waals surface area contributed by atoms with Gasteiger partial charge in [-0.25, -0.2) is 14.7 Å². The molecule has 1 aliphatic rings. The van der Waals surface area contributed by atoms with Crippen molar-refractivity contribution in [2.24, 2.45) is 0 Å². The van der Waals surface area contributed by atoms with E-state index in [0.29, 0.717) is 23.9 Å². The first-order valence-corrected chi connectivity index (χ1v) is 7.58. The van der Waals surface area contributed by atoms with Crippen molar-refractivity contribution < 1.29 is 18.8 Å². The highest BCUT2D eigenvalue weighted by atomic mass is 19.1. The van der Waals surface area contributed by atoms with Gasteiger partial charge in [-0.2, -0.15) is 0 Å². The van der Waals surface area contributed by atoms with Crippen molar-refractivity contribution in [2.75, 3.05) is 6.61 Å². The van der Waals surface area contributed by atoms with Gasteiger partial charge in [0.15, 0.2) is 6.29 Å². The van der Waals surface area contributed by atoms with Crippen LogP contribution in [0.25, 0.3) is 10.9 Å². The SMILES string of the molecule is N=Cn1c(=N)c(C(=O)NOC2CCCCO2)cc2ccc(F)cc21. The van der Waals surface area contributed by atoms with Crippen LogP contribution in [-0.2, 0) is 9.57 Å². The van der Waals surface area contributed by atoms with Gasteiger partial charge < -0.3 is 4.74 Å². The molecule has 1 atom stereocenters.